The van der Waals surface area contributed by atoms with E-state index in [2.05, 4.69) is 19.7 Å². The molecule has 15 heavy (non-hydrogen) atoms. The van der Waals surface area contributed by atoms with Gasteiger partial charge >= 0.3 is 0 Å². The highest BCUT2D eigenvalue weighted by atomic mass is 16.5. The molecule has 0 aliphatic rings. The topological polar surface area (TPSA) is 26.3 Å². The number of Topliss-reactive ketones (excluding diaryl/α,β-unsaturated/α-hetero) is 1. The molecule has 0 bridgehead atoms. The van der Waals surface area contributed by atoms with E-state index in [1.807, 2.05) is 13.8 Å². The van der Waals surface area contributed by atoms with Gasteiger partial charge in [-0.2, -0.15) is 0 Å². The molecule has 0 saturated carbocycles. The lowest BCUT2D eigenvalue weighted by Gasteiger charge is -2.04. The molecule has 0 aromatic carbocycles. The van der Waals surface area contributed by atoms with E-state index in [0.717, 1.165) is 12.0 Å². The van der Waals surface area contributed by atoms with Gasteiger partial charge in [0.25, 0.3) is 0 Å². The van der Waals surface area contributed by atoms with Crippen LogP contribution in [0.5, 0.6) is 0 Å². The minimum Gasteiger partial charge on any atom is -0.498 e. The minimum absolute atomic E-state index is 0.0982. The summed E-state index contributed by atoms with van der Waals surface area (Å²) >= 11 is 0. The van der Waals surface area contributed by atoms with Gasteiger partial charge in [-0.3, -0.25) is 4.79 Å². The van der Waals surface area contributed by atoms with Gasteiger partial charge in [-0.05, 0) is 20.3 Å². The van der Waals surface area contributed by atoms with Crippen LogP contribution in [0.1, 0.15) is 33.6 Å². The Balaban J connectivity index is 0. The van der Waals surface area contributed by atoms with Gasteiger partial charge < -0.3 is 4.74 Å². The average Bonchev–Trinajstić information content (AvgIpc) is 2.14. The van der Waals surface area contributed by atoms with Crippen molar-refractivity contribution < 1.29 is 9.53 Å². The maximum Gasteiger partial charge on any atom is 0.137 e. The van der Waals surface area contributed by atoms with Crippen molar-refractivity contribution in [2.75, 3.05) is 6.61 Å². The first-order valence-electron chi connectivity index (χ1n) is 5.02. The molecule has 0 aliphatic carbocycles. The molecule has 0 amide bonds. The zero-order valence-electron chi connectivity index (χ0n) is 10.1. The second-order valence-electron chi connectivity index (χ2n) is 3.32. The molecule has 0 aromatic heterocycles. The van der Waals surface area contributed by atoms with E-state index in [4.69, 9.17) is 4.74 Å². The maximum atomic E-state index is 10.5. The predicted octanol–water partition coefficient (Wildman–Crippen LogP) is 3.65. The normalized spacial score (nSPS) is 8.20. The van der Waals surface area contributed by atoms with Crippen LogP contribution >= 0.6 is 0 Å². The van der Waals surface area contributed by atoms with Crippen molar-refractivity contribution in [1.82, 2.24) is 0 Å². The molecule has 0 unspecified atom stereocenters. The summed E-state index contributed by atoms with van der Waals surface area (Å²) in [5.41, 5.74) is 1.02. The summed E-state index contributed by atoms with van der Waals surface area (Å²) in [5, 5.41) is 0. The van der Waals surface area contributed by atoms with Crippen molar-refractivity contribution in [3.05, 3.63) is 37.1 Å². The number of ketones is 1. The third-order valence-corrected chi connectivity index (χ3v) is 1.30. The van der Waals surface area contributed by atoms with Gasteiger partial charge in [-0.1, -0.05) is 38.3 Å². The number of ether oxygens (including phenoxy) is 1. The van der Waals surface area contributed by atoms with Crippen LogP contribution in [-0.4, -0.2) is 12.4 Å². The number of carbonyl (C=O) groups excluding carboxylic acids is 1. The number of hydrogen-bond acceptors (Lipinski definition) is 2. The lowest BCUT2D eigenvalue weighted by molar-refractivity contribution is -0.117. The number of allylic oxidation sites excluding steroid dienone is 3. The quantitative estimate of drug-likeness (QED) is 0.494. The van der Waals surface area contributed by atoms with Crippen molar-refractivity contribution in [1.29, 1.82) is 0 Å². The Kier molecular flexibility index (Phi) is 11.6. The molecule has 86 valence electrons. The van der Waals surface area contributed by atoms with E-state index in [1.165, 1.54) is 6.92 Å². The second-order valence-corrected chi connectivity index (χ2v) is 3.32. The molecule has 0 rings (SSSR count). The standard InChI is InChI=1S/C8H14O2.C5H8/c1-4-5-10-8(3)6-7(2)9;1-4-5(2)3/h3-6H2,1-2H3;4H,1-2H2,3H3. The highest BCUT2D eigenvalue weighted by Gasteiger charge is 1.97. The summed E-state index contributed by atoms with van der Waals surface area (Å²) in [6.45, 7) is 16.7. The van der Waals surface area contributed by atoms with E-state index in [0.29, 0.717) is 18.8 Å². The molecule has 0 aliphatic heterocycles. The first-order valence-corrected chi connectivity index (χ1v) is 5.02. The Morgan fingerprint density at radius 2 is 1.80 bits per heavy atom. The van der Waals surface area contributed by atoms with Crippen LogP contribution in [0.15, 0.2) is 37.1 Å². The largest absolute Gasteiger partial charge is 0.498 e. The molecule has 0 saturated heterocycles. The van der Waals surface area contributed by atoms with E-state index < -0.39 is 0 Å². The Hall–Kier alpha value is -1.31. The first-order chi connectivity index (χ1) is 6.93. The van der Waals surface area contributed by atoms with E-state index in [9.17, 15) is 4.79 Å². The Morgan fingerprint density at radius 1 is 1.33 bits per heavy atom. The lowest BCUT2D eigenvalue weighted by atomic mass is 10.3. The van der Waals surface area contributed by atoms with Gasteiger partial charge in [0.05, 0.1) is 18.8 Å². The maximum absolute atomic E-state index is 10.5. The zero-order chi connectivity index (χ0) is 12.3. The average molecular weight is 210 g/mol. The van der Waals surface area contributed by atoms with Gasteiger partial charge in [0, 0.05) is 0 Å². The number of rotatable bonds is 6. The second kappa shape index (κ2) is 10.8. The molecule has 0 fully saturated rings. The Bertz CT molecular complexity index is 227. The third kappa shape index (κ3) is 19.2. The molecule has 0 spiro atoms. The van der Waals surface area contributed by atoms with Crippen LogP contribution < -0.4 is 0 Å². The SMILES string of the molecule is C=C(CC(C)=O)OCCC.C=CC(=C)C. The van der Waals surface area contributed by atoms with Crippen LogP contribution in [0.3, 0.4) is 0 Å². The van der Waals surface area contributed by atoms with Gasteiger partial charge in [0.15, 0.2) is 0 Å². The molecule has 2 nitrogen and oxygen atoms in total. The minimum atomic E-state index is 0.0982. The highest BCUT2D eigenvalue weighted by molar-refractivity contribution is 5.77. The smallest absolute Gasteiger partial charge is 0.137 e. The lowest BCUT2D eigenvalue weighted by Crippen LogP contribution is -1.97. The van der Waals surface area contributed by atoms with Crippen LogP contribution in [0.25, 0.3) is 0 Å². The van der Waals surface area contributed by atoms with Crippen LogP contribution in [0.4, 0.5) is 0 Å². The summed E-state index contributed by atoms with van der Waals surface area (Å²) < 4.78 is 5.09. The molecule has 0 atom stereocenters. The fraction of sp³-hybridized carbons (Fsp3) is 0.462. The van der Waals surface area contributed by atoms with Gasteiger partial charge in [-0.15, -0.1) is 0 Å². The van der Waals surface area contributed by atoms with E-state index in [1.54, 1.807) is 6.08 Å². The van der Waals surface area contributed by atoms with E-state index in [-0.39, 0.29) is 5.78 Å². The van der Waals surface area contributed by atoms with Crippen molar-refractivity contribution in [3.8, 4) is 0 Å². The third-order valence-electron chi connectivity index (χ3n) is 1.30. The van der Waals surface area contributed by atoms with Crippen LogP contribution in [0.2, 0.25) is 0 Å². The number of hydrogen-bond donors (Lipinski definition) is 0. The summed E-state index contributed by atoms with van der Waals surface area (Å²) in [5.74, 6) is 0.676. The van der Waals surface area contributed by atoms with Crippen molar-refractivity contribution >= 4 is 5.78 Å². The van der Waals surface area contributed by atoms with Crippen LogP contribution in [-0.2, 0) is 9.53 Å². The molecule has 2 heteroatoms. The van der Waals surface area contributed by atoms with Gasteiger partial charge in [0.2, 0.25) is 0 Å². The molecule has 0 heterocycles. The fourth-order valence-electron chi connectivity index (χ4n) is 0.575. The van der Waals surface area contributed by atoms with E-state index >= 15 is 0 Å². The predicted molar refractivity (Wildman–Crippen MR) is 65.7 cm³/mol. The summed E-state index contributed by atoms with van der Waals surface area (Å²) in [6.07, 6.45) is 3.02. The number of carbonyl (C=O) groups is 1. The molecule has 0 radical (unpaired) electrons. The first kappa shape index (κ1) is 16.1. The summed E-state index contributed by atoms with van der Waals surface area (Å²) in [7, 11) is 0. The van der Waals surface area contributed by atoms with Gasteiger partial charge in [0.1, 0.15) is 5.78 Å². The molecular formula is C13H22O2. The highest BCUT2D eigenvalue weighted by Crippen LogP contribution is 2.00. The summed E-state index contributed by atoms with van der Waals surface area (Å²) in [6, 6.07) is 0. The molecular weight excluding hydrogens is 188 g/mol. The van der Waals surface area contributed by atoms with Crippen molar-refractivity contribution in [2.45, 2.75) is 33.6 Å². The van der Waals surface area contributed by atoms with Crippen molar-refractivity contribution in [3.63, 3.8) is 0 Å². The van der Waals surface area contributed by atoms with Gasteiger partial charge in [-0.25, -0.2) is 0 Å². The van der Waals surface area contributed by atoms with Crippen molar-refractivity contribution in [2.24, 2.45) is 0 Å². The molecule has 0 aromatic rings. The summed E-state index contributed by atoms with van der Waals surface area (Å²) in [4.78, 5) is 10.5. The monoisotopic (exact) mass is 210 g/mol. The molecule has 0 N–H and O–H groups in total. The zero-order valence-corrected chi connectivity index (χ0v) is 10.1. The van der Waals surface area contributed by atoms with Crippen LogP contribution in [0, 0.1) is 0 Å². The Labute approximate surface area is 93.3 Å². The fourth-order valence-corrected chi connectivity index (χ4v) is 0.575. The Morgan fingerprint density at radius 3 is 2.07 bits per heavy atom.